The molecule has 2 aliphatic carbocycles. The monoisotopic (exact) mass is 591 g/mol. The zero-order chi connectivity index (χ0) is 27.8. The maximum Gasteiger partial charge on any atom is 0.0864 e. The second-order valence-electron chi connectivity index (χ2n) is 12.9. The number of aliphatic hydroxyl groups is 2. The van der Waals surface area contributed by atoms with Crippen molar-refractivity contribution in [2.24, 2.45) is 0 Å². The van der Waals surface area contributed by atoms with Crippen LogP contribution in [0.5, 0.6) is 0 Å². The van der Waals surface area contributed by atoms with Crippen molar-refractivity contribution in [1.82, 2.24) is 4.90 Å². The van der Waals surface area contributed by atoms with Gasteiger partial charge in [-0.05, 0) is 64.8 Å². The highest BCUT2D eigenvalue weighted by Crippen LogP contribution is 2.41. The van der Waals surface area contributed by atoms with E-state index in [9.17, 15) is 10.2 Å². The molecule has 4 rings (SSSR count). The molecule has 0 aliphatic heterocycles. The molecule has 0 heterocycles. The number of benzene rings is 2. The zero-order valence-corrected chi connectivity index (χ0v) is 26.3. The van der Waals surface area contributed by atoms with Crippen LogP contribution in [-0.2, 0) is 0 Å². The molecule has 2 aliphatic rings. The maximum atomic E-state index is 11.1. The van der Waals surface area contributed by atoms with E-state index in [1.807, 2.05) is 0 Å². The Kier molecular flexibility index (Phi) is 17.6. The number of rotatable bonds is 8. The predicted molar refractivity (Wildman–Crippen MR) is 181 cm³/mol. The molecule has 3 N–H and O–H groups in total. The van der Waals surface area contributed by atoms with Crippen LogP contribution >= 0.6 is 12.4 Å². The fourth-order valence-corrected chi connectivity index (χ4v) is 6.60. The Hall–Kier alpha value is -1.43. The van der Waals surface area contributed by atoms with Gasteiger partial charge >= 0.3 is 0 Å². The lowest BCUT2D eigenvalue weighted by molar-refractivity contribution is -0.860. The third kappa shape index (κ3) is 11.6. The van der Waals surface area contributed by atoms with E-state index in [0.29, 0.717) is 0 Å². The smallest absolute Gasteiger partial charge is 0.0864 e. The zero-order valence-electron chi connectivity index (χ0n) is 25.5. The van der Waals surface area contributed by atoms with Gasteiger partial charge in [0.05, 0.1) is 37.8 Å². The molecule has 0 spiro atoms. The van der Waals surface area contributed by atoms with Crippen LogP contribution in [0.25, 0.3) is 0 Å². The van der Waals surface area contributed by atoms with Crippen molar-refractivity contribution in [3.8, 4) is 0 Å². The van der Waals surface area contributed by atoms with Crippen molar-refractivity contribution in [3.63, 3.8) is 0 Å². The molecule has 0 aromatic heterocycles. The number of halogens is 1. The van der Waals surface area contributed by atoms with E-state index < -0.39 is 11.2 Å². The van der Waals surface area contributed by atoms with Gasteiger partial charge in [0, 0.05) is 12.5 Å². The van der Waals surface area contributed by atoms with Gasteiger partial charge in [0.25, 0.3) is 0 Å². The molecule has 0 amide bonds. The van der Waals surface area contributed by atoms with E-state index in [-0.39, 0.29) is 39.1 Å². The molecule has 0 radical (unpaired) electrons. The van der Waals surface area contributed by atoms with Crippen LogP contribution in [0.3, 0.4) is 0 Å². The molecule has 2 aromatic rings. The molecule has 2 atom stereocenters. The van der Waals surface area contributed by atoms with Crippen LogP contribution in [0.2, 0.25) is 0 Å². The summed E-state index contributed by atoms with van der Waals surface area (Å²) in [6, 6.07) is 17.4. The summed E-state index contributed by atoms with van der Waals surface area (Å²) >= 11 is 0. The van der Waals surface area contributed by atoms with E-state index in [4.69, 9.17) is 0 Å². The molecule has 41 heavy (non-hydrogen) atoms. The van der Waals surface area contributed by atoms with Crippen LogP contribution in [0.4, 0.5) is 0 Å². The van der Waals surface area contributed by atoms with Crippen molar-refractivity contribution >= 4 is 12.4 Å². The first-order valence-corrected chi connectivity index (χ1v) is 15.0. The molecule has 0 saturated heterocycles. The molecule has 2 fully saturated rings. The average Bonchev–Trinajstić information content (AvgIpc) is 2.88. The highest BCUT2D eigenvalue weighted by atomic mass is 35.5. The third-order valence-corrected chi connectivity index (χ3v) is 8.86. The Bertz CT molecular complexity index is 867. The van der Waals surface area contributed by atoms with Gasteiger partial charge in [0.1, 0.15) is 0 Å². The minimum Gasteiger partial charge on any atom is -0.389 e. The minimum atomic E-state index is -0.516. The van der Waals surface area contributed by atoms with Gasteiger partial charge < -0.3 is 20.0 Å². The molecule has 2 aromatic carbocycles. The first-order chi connectivity index (χ1) is 18.0. The van der Waals surface area contributed by atoms with Crippen molar-refractivity contribution in [3.05, 3.63) is 70.8 Å². The Morgan fingerprint density at radius 3 is 1.34 bits per heavy atom. The number of likely N-dealkylation sites (N-methyl/N-ethyl adjacent to an activating group) is 2. The third-order valence-electron chi connectivity index (χ3n) is 8.86. The van der Waals surface area contributed by atoms with Gasteiger partial charge in [-0.3, -0.25) is 0 Å². The maximum absolute atomic E-state index is 11.1. The number of aryl methyl sites for hydroxylation is 2. The molecule has 1 unspecified atom stereocenters. The first-order valence-electron chi connectivity index (χ1n) is 15.0. The molecule has 5 heteroatoms. The Balaban J connectivity index is 0.000000727. The van der Waals surface area contributed by atoms with E-state index in [0.717, 1.165) is 51.6 Å². The lowest BCUT2D eigenvalue weighted by Crippen LogP contribution is -3.06. The van der Waals surface area contributed by atoms with Gasteiger partial charge in [-0.1, -0.05) is 113 Å². The van der Waals surface area contributed by atoms with Crippen LogP contribution in [0, 0.1) is 13.8 Å². The largest absolute Gasteiger partial charge is 0.389 e. The SMILES string of the molecule is C.C.Cc1ccc(C(CN(C)C)C2(O)CCCCC2)cc1.Cc1ccc([C@H](C[NH+](C)C)C2(O)CCCCC2)cc1.Cl. The van der Waals surface area contributed by atoms with Crippen molar-refractivity contribution < 1.29 is 15.1 Å². The molecule has 4 nitrogen and oxygen atoms in total. The summed E-state index contributed by atoms with van der Waals surface area (Å²) in [6.07, 6.45) is 11.0. The number of hydrogen-bond donors (Lipinski definition) is 3. The topological polar surface area (TPSA) is 48.1 Å². The second-order valence-corrected chi connectivity index (χ2v) is 12.9. The number of quaternary nitrogens is 1. The van der Waals surface area contributed by atoms with Crippen LogP contribution in [-0.4, -0.2) is 67.6 Å². The lowest BCUT2D eigenvalue weighted by atomic mass is 9.72. The molecular weight excluding hydrogens is 528 g/mol. The van der Waals surface area contributed by atoms with Crippen LogP contribution in [0.15, 0.2) is 48.5 Å². The molecular formula is C36H64ClN2O2+. The highest BCUT2D eigenvalue weighted by Gasteiger charge is 2.40. The van der Waals surface area contributed by atoms with E-state index in [1.165, 1.54) is 52.8 Å². The van der Waals surface area contributed by atoms with Crippen LogP contribution in [0.1, 0.15) is 113 Å². The fourth-order valence-electron chi connectivity index (χ4n) is 6.60. The fraction of sp³-hybridized carbons (Fsp3) is 0.667. The summed E-state index contributed by atoms with van der Waals surface area (Å²) in [6.45, 7) is 6.14. The van der Waals surface area contributed by atoms with Gasteiger partial charge in [0.2, 0.25) is 0 Å². The first kappa shape index (κ1) is 39.6. The number of hydrogen-bond acceptors (Lipinski definition) is 3. The summed E-state index contributed by atoms with van der Waals surface area (Å²) < 4.78 is 0. The molecule has 236 valence electrons. The van der Waals surface area contributed by atoms with Gasteiger partial charge in [0.15, 0.2) is 0 Å². The number of nitrogens with one attached hydrogen (secondary N) is 1. The van der Waals surface area contributed by atoms with E-state index in [2.05, 4.69) is 95.5 Å². The number of nitrogens with zero attached hydrogens (tertiary/aromatic N) is 1. The predicted octanol–water partition coefficient (Wildman–Crippen LogP) is 6.95. The van der Waals surface area contributed by atoms with Gasteiger partial charge in [-0.15, -0.1) is 12.4 Å². The standard InChI is InChI=1S/2C17H27NO.2CH4.ClH/c2*1-14-7-9-15(10-8-14)16(13-18(2)3)17(19)11-5-4-6-12-17;;;/h2*7-10,16,19H,4-6,11-13H2,1-3H3;2*1H4;1H/p+1/t16-;;;;/m0..../s1. The summed E-state index contributed by atoms with van der Waals surface area (Å²) in [5.74, 6) is 0.488. The highest BCUT2D eigenvalue weighted by molar-refractivity contribution is 5.85. The van der Waals surface area contributed by atoms with E-state index >= 15 is 0 Å². The average molecular weight is 592 g/mol. The Morgan fingerprint density at radius 2 is 1.00 bits per heavy atom. The second kappa shape index (κ2) is 18.3. The normalized spacial score (nSPS) is 19.0. The molecule has 0 bridgehead atoms. The summed E-state index contributed by atoms with van der Waals surface area (Å²) in [4.78, 5) is 3.60. The van der Waals surface area contributed by atoms with Crippen molar-refractivity contribution in [1.29, 1.82) is 0 Å². The molecule has 2 saturated carbocycles. The van der Waals surface area contributed by atoms with Gasteiger partial charge in [-0.2, -0.15) is 0 Å². The minimum absolute atomic E-state index is 0. The van der Waals surface area contributed by atoms with Crippen molar-refractivity contribution in [2.45, 2.75) is 116 Å². The Morgan fingerprint density at radius 1 is 0.659 bits per heavy atom. The van der Waals surface area contributed by atoms with E-state index in [1.54, 1.807) is 0 Å². The summed E-state index contributed by atoms with van der Waals surface area (Å²) in [7, 11) is 8.53. The lowest BCUT2D eigenvalue weighted by Gasteiger charge is -2.40. The summed E-state index contributed by atoms with van der Waals surface area (Å²) in [5.41, 5.74) is 4.14. The summed E-state index contributed by atoms with van der Waals surface area (Å²) in [5, 5.41) is 22.2. The van der Waals surface area contributed by atoms with Gasteiger partial charge in [-0.25, -0.2) is 0 Å². The quantitative estimate of drug-likeness (QED) is 0.311. The van der Waals surface area contributed by atoms with Crippen LogP contribution < -0.4 is 4.90 Å². The van der Waals surface area contributed by atoms with Crippen molar-refractivity contribution in [2.75, 3.05) is 41.3 Å². The Labute approximate surface area is 260 Å².